The van der Waals surface area contributed by atoms with Crippen LogP contribution in [-0.2, 0) is 11.2 Å². The molecular formula is C22H22N4O3S. The minimum Gasteiger partial charge on any atom is -0.407 e. The molecule has 1 aliphatic rings. The van der Waals surface area contributed by atoms with Gasteiger partial charge in [-0.05, 0) is 54.6 Å². The maximum absolute atomic E-state index is 12.5. The zero-order valence-electron chi connectivity index (χ0n) is 16.8. The summed E-state index contributed by atoms with van der Waals surface area (Å²) in [6.07, 6.45) is 3.21. The molecule has 1 N–H and O–H groups in total. The second kappa shape index (κ2) is 8.71. The fraction of sp³-hybridized carbons (Fsp3) is 0.273. The number of hydrogen-bond donors (Lipinski definition) is 1. The van der Waals surface area contributed by atoms with Crippen LogP contribution < -0.4 is 10.2 Å². The normalized spacial score (nSPS) is 16.1. The molecule has 1 fully saturated rings. The molecule has 2 heterocycles. The Morgan fingerprint density at radius 1 is 1.17 bits per heavy atom. The number of carbonyl (C=O) groups excluding carboxylic acids is 2. The Balaban J connectivity index is 1.42. The topological polar surface area (TPSA) is 88.3 Å². The summed E-state index contributed by atoms with van der Waals surface area (Å²) in [5.74, 6) is -0.162. The van der Waals surface area contributed by atoms with E-state index in [0.29, 0.717) is 24.4 Å². The molecule has 2 amide bonds. The summed E-state index contributed by atoms with van der Waals surface area (Å²) in [6.45, 7) is 2.52. The molecule has 30 heavy (non-hydrogen) atoms. The van der Waals surface area contributed by atoms with Gasteiger partial charge in [-0.2, -0.15) is 0 Å². The number of hydrogen-bond acceptors (Lipinski definition) is 6. The Hall–Kier alpha value is -3.13. The van der Waals surface area contributed by atoms with Gasteiger partial charge in [-0.25, -0.2) is 0 Å². The zero-order chi connectivity index (χ0) is 21.1. The average molecular weight is 423 g/mol. The van der Waals surface area contributed by atoms with Crippen molar-refractivity contribution in [1.82, 2.24) is 10.2 Å². The van der Waals surface area contributed by atoms with Crippen LogP contribution in [0.25, 0.3) is 0 Å². The van der Waals surface area contributed by atoms with Crippen molar-refractivity contribution in [2.24, 2.45) is 0 Å². The van der Waals surface area contributed by atoms with Crippen molar-refractivity contribution >= 4 is 35.3 Å². The summed E-state index contributed by atoms with van der Waals surface area (Å²) in [6, 6.07) is 15.3. The Labute approximate surface area is 178 Å². The second-order valence-corrected chi connectivity index (χ2v) is 7.93. The molecule has 2 aromatic carbocycles. The van der Waals surface area contributed by atoms with Crippen molar-refractivity contribution in [3.05, 3.63) is 65.5 Å². The summed E-state index contributed by atoms with van der Waals surface area (Å²) >= 11 is 1.65. The molecule has 0 radical (unpaired) electrons. The number of thioether (sulfide) groups is 1. The van der Waals surface area contributed by atoms with Gasteiger partial charge < -0.3 is 9.32 Å². The molecule has 1 aliphatic heterocycles. The lowest BCUT2D eigenvalue weighted by Gasteiger charge is -2.16. The maximum Gasteiger partial charge on any atom is 0.322 e. The molecule has 8 heteroatoms. The summed E-state index contributed by atoms with van der Waals surface area (Å²) in [5, 5.41) is 10.6. The highest BCUT2D eigenvalue weighted by Gasteiger charge is 2.35. The van der Waals surface area contributed by atoms with E-state index in [-0.39, 0.29) is 23.7 Å². The van der Waals surface area contributed by atoms with E-state index in [1.54, 1.807) is 28.8 Å². The minimum absolute atomic E-state index is 0.0108. The van der Waals surface area contributed by atoms with Crippen LogP contribution in [0, 0.1) is 0 Å². The number of benzene rings is 2. The van der Waals surface area contributed by atoms with E-state index in [1.165, 1.54) is 0 Å². The van der Waals surface area contributed by atoms with Crippen LogP contribution in [0.5, 0.6) is 0 Å². The Bertz CT molecular complexity index is 1050. The van der Waals surface area contributed by atoms with Crippen molar-refractivity contribution in [2.75, 3.05) is 23.0 Å². The van der Waals surface area contributed by atoms with E-state index in [0.717, 1.165) is 22.6 Å². The van der Waals surface area contributed by atoms with Gasteiger partial charge in [0.2, 0.25) is 11.8 Å². The zero-order valence-corrected chi connectivity index (χ0v) is 17.6. The van der Waals surface area contributed by atoms with E-state index < -0.39 is 0 Å². The van der Waals surface area contributed by atoms with Gasteiger partial charge >= 0.3 is 6.01 Å². The smallest absolute Gasteiger partial charge is 0.322 e. The van der Waals surface area contributed by atoms with Gasteiger partial charge in [-0.15, -0.1) is 16.9 Å². The number of amides is 2. The third-order valence-corrected chi connectivity index (χ3v) is 5.89. The van der Waals surface area contributed by atoms with Crippen molar-refractivity contribution in [2.45, 2.75) is 30.6 Å². The molecule has 3 aromatic rings. The Kier molecular flexibility index (Phi) is 5.85. The van der Waals surface area contributed by atoms with Crippen molar-refractivity contribution in [3.8, 4) is 0 Å². The minimum atomic E-state index is -0.314. The standard InChI is InChI=1S/C22H22N4O3S/c1-3-14-4-6-15(7-5-14)20(28)23-22-25-24-21(29-22)16-12-19(27)26(13-16)17-8-10-18(30-2)11-9-17/h4-11,16H,3,12-13H2,1-2H3,(H,23,25,28)/t16-/m1/s1. The Morgan fingerprint density at radius 2 is 1.90 bits per heavy atom. The molecule has 0 saturated carbocycles. The monoisotopic (exact) mass is 422 g/mol. The fourth-order valence-electron chi connectivity index (χ4n) is 3.40. The first-order valence-corrected chi connectivity index (χ1v) is 11.0. The van der Waals surface area contributed by atoms with Gasteiger partial charge in [-0.1, -0.05) is 24.2 Å². The molecule has 0 aliphatic carbocycles. The number of rotatable bonds is 6. The van der Waals surface area contributed by atoms with Crippen molar-refractivity contribution in [3.63, 3.8) is 0 Å². The quantitative estimate of drug-likeness (QED) is 0.601. The highest BCUT2D eigenvalue weighted by atomic mass is 32.2. The second-order valence-electron chi connectivity index (χ2n) is 7.05. The number of anilines is 2. The van der Waals surface area contributed by atoms with Crippen LogP contribution in [-0.4, -0.2) is 34.8 Å². The maximum atomic E-state index is 12.5. The summed E-state index contributed by atoms with van der Waals surface area (Å²) < 4.78 is 5.64. The highest BCUT2D eigenvalue weighted by Crippen LogP contribution is 2.32. The predicted molar refractivity (Wildman–Crippen MR) is 116 cm³/mol. The van der Waals surface area contributed by atoms with Crippen LogP contribution in [0.4, 0.5) is 11.7 Å². The van der Waals surface area contributed by atoms with E-state index >= 15 is 0 Å². The molecule has 154 valence electrons. The van der Waals surface area contributed by atoms with E-state index in [1.807, 2.05) is 42.7 Å². The first-order valence-electron chi connectivity index (χ1n) is 9.75. The fourth-order valence-corrected chi connectivity index (χ4v) is 3.80. The molecule has 1 saturated heterocycles. The van der Waals surface area contributed by atoms with Crippen LogP contribution in [0.3, 0.4) is 0 Å². The lowest BCUT2D eigenvalue weighted by molar-refractivity contribution is -0.117. The summed E-state index contributed by atoms with van der Waals surface area (Å²) in [4.78, 5) is 27.7. The van der Waals surface area contributed by atoms with E-state index in [2.05, 4.69) is 22.4 Å². The number of nitrogens with one attached hydrogen (secondary N) is 1. The lowest BCUT2D eigenvalue weighted by Crippen LogP contribution is -2.24. The largest absolute Gasteiger partial charge is 0.407 e. The van der Waals surface area contributed by atoms with Gasteiger partial charge in [-0.3, -0.25) is 14.9 Å². The summed E-state index contributed by atoms with van der Waals surface area (Å²) in [5.41, 5.74) is 2.52. The van der Waals surface area contributed by atoms with Crippen molar-refractivity contribution < 1.29 is 14.0 Å². The van der Waals surface area contributed by atoms with Gasteiger partial charge in [0.25, 0.3) is 5.91 Å². The van der Waals surface area contributed by atoms with Crippen LogP contribution in [0.1, 0.15) is 41.1 Å². The molecule has 1 aromatic heterocycles. The molecule has 1 atom stereocenters. The molecular weight excluding hydrogens is 400 g/mol. The van der Waals surface area contributed by atoms with Crippen LogP contribution in [0.2, 0.25) is 0 Å². The molecule has 0 spiro atoms. The highest BCUT2D eigenvalue weighted by molar-refractivity contribution is 7.98. The average Bonchev–Trinajstić information content (AvgIpc) is 3.40. The predicted octanol–water partition coefficient (Wildman–Crippen LogP) is 4.13. The molecule has 0 bridgehead atoms. The first-order chi connectivity index (χ1) is 14.6. The number of nitrogens with zero attached hydrogens (tertiary/aromatic N) is 3. The van der Waals surface area contributed by atoms with E-state index in [9.17, 15) is 9.59 Å². The summed E-state index contributed by atoms with van der Waals surface area (Å²) in [7, 11) is 0. The number of aromatic nitrogens is 2. The van der Waals surface area contributed by atoms with Gasteiger partial charge in [0.05, 0.1) is 5.92 Å². The Morgan fingerprint density at radius 3 is 2.57 bits per heavy atom. The number of aryl methyl sites for hydroxylation is 1. The molecule has 4 rings (SSSR count). The SMILES string of the molecule is CCc1ccc(C(=O)Nc2nnc([C@@H]3CC(=O)N(c4ccc(SC)cc4)C3)o2)cc1. The number of carbonyl (C=O) groups is 2. The lowest BCUT2D eigenvalue weighted by atomic mass is 10.1. The third kappa shape index (κ3) is 4.23. The third-order valence-electron chi connectivity index (χ3n) is 5.14. The van der Waals surface area contributed by atoms with Gasteiger partial charge in [0, 0.05) is 29.1 Å². The van der Waals surface area contributed by atoms with Gasteiger partial charge in [0.15, 0.2) is 0 Å². The van der Waals surface area contributed by atoms with Crippen LogP contribution >= 0.6 is 11.8 Å². The van der Waals surface area contributed by atoms with Crippen molar-refractivity contribution in [1.29, 1.82) is 0 Å². The molecule has 0 unspecified atom stereocenters. The molecule has 7 nitrogen and oxygen atoms in total. The van der Waals surface area contributed by atoms with Crippen LogP contribution in [0.15, 0.2) is 57.8 Å². The van der Waals surface area contributed by atoms with Gasteiger partial charge in [0.1, 0.15) is 0 Å². The first kappa shape index (κ1) is 20.2. The van der Waals surface area contributed by atoms with E-state index in [4.69, 9.17) is 4.42 Å².